The third kappa shape index (κ3) is 3.12. The second-order valence-electron chi connectivity index (χ2n) is 5.04. The SMILES string of the molecule is CCOC(=O)c1cnc2c(OCc3ccccc3)cccn2c1=O. The number of pyridine rings is 1. The molecule has 0 saturated carbocycles. The van der Waals surface area contributed by atoms with E-state index in [2.05, 4.69) is 4.98 Å². The van der Waals surface area contributed by atoms with Crippen LogP contribution in [0.1, 0.15) is 22.8 Å². The van der Waals surface area contributed by atoms with Crippen molar-refractivity contribution in [1.29, 1.82) is 0 Å². The Hall–Kier alpha value is -3.15. The number of aromatic nitrogens is 2. The minimum atomic E-state index is -0.681. The molecular weight excluding hydrogens is 308 g/mol. The first-order chi connectivity index (χ1) is 11.7. The second-order valence-corrected chi connectivity index (χ2v) is 5.04. The molecule has 0 radical (unpaired) electrons. The summed E-state index contributed by atoms with van der Waals surface area (Å²) in [7, 11) is 0. The molecule has 2 heterocycles. The predicted octanol–water partition coefficient (Wildman–Crippen LogP) is 2.45. The summed E-state index contributed by atoms with van der Waals surface area (Å²) in [6.07, 6.45) is 2.77. The summed E-state index contributed by atoms with van der Waals surface area (Å²) in [6, 6.07) is 13.1. The van der Waals surface area contributed by atoms with E-state index in [9.17, 15) is 9.59 Å². The number of carbonyl (C=O) groups excluding carboxylic acids is 1. The molecule has 3 aromatic rings. The van der Waals surface area contributed by atoms with Crippen molar-refractivity contribution >= 4 is 11.6 Å². The van der Waals surface area contributed by atoms with Gasteiger partial charge in [-0.2, -0.15) is 0 Å². The quantitative estimate of drug-likeness (QED) is 0.674. The summed E-state index contributed by atoms with van der Waals surface area (Å²) < 4.78 is 11.9. The molecule has 0 N–H and O–H groups in total. The molecule has 0 aliphatic carbocycles. The van der Waals surface area contributed by atoms with Crippen molar-refractivity contribution in [1.82, 2.24) is 9.38 Å². The highest BCUT2D eigenvalue weighted by molar-refractivity contribution is 5.88. The van der Waals surface area contributed by atoms with Gasteiger partial charge in [-0.15, -0.1) is 0 Å². The van der Waals surface area contributed by atoms with Crippen LogP contribution in [-0.4, -0.2) is 22.0 Å². The average Bonchev–Trinajstić information content (AvgIpc) is 2.61. The van der Waals surface area contributed by atoms with E-state index in [0.29, 0.717) is 18.0 Å². The van der Waals surface area contributed by atoms with Crippen LogP contribution in [0.25, 0.3) is 5.65 Å². The van der Waals surface area contributed by atoms with Crippen LogP contribution in [0.15, 0.2) is 59.7 Å². The summed E-state index contributed by atoms with van der Waals surface area (Å²) >= 11 is 0. The summed E-state index contributed by atoms with van der Waals surface area (Å²) in [5.74, 6) is -0.214. The van der Waals surface area contributed by atoms with Gasteiger partial charge in [-0.25, -0.2) is 9.78 Å². The fourth-order valence-corrected chi connectivity index (χ4v) is 2.28. The van der Waals surface area contributed by atoms with E-state index in [1.807, 2.05) is 30.3 Å². The van der Waals surface area contributed by atoms with Gasteiger partial charge >= 0.3 is 5.97 Å². The zero-order valence-electron chi connectivity index (χ0n) is 13.1. The predicted molar refractivity (Wildman–Crippen MR) is 88.2 cm³/mol. The molecule has 122 valence electrons. The average molecular weight is 324 g/mol. The number of nitrogens with zero attached hydrogens (tertiary/aromatic N) is 2. The monoisotopic (exact) mass is 324 g/mol. The summed E-state index contributed by atoms with van der Waals surface area (Å²) in [6.45, 7) is 2.23. The molecule has 24 heavy (non-hydrogen) atoms. The molecule has 0 unspecified atom stereocenters. The minimum Gasteiger partial charge on any atom is -0.485 e. The van der Waals surface area contributed by atoms with Crippen molar-refractivity contribution in [3.05, 3.63) is 76.3 Å². The van der Waals surface area contributed by atoms with E-state index in [-0.39, 0.29) is 12.2 Å². The first-order valence-corrected chi connectivity index (χ1v) is 7.55. The molecular formula is C18H16N2O4. The zero-order chi connectivity index (χ0) is 16.9. The fraction of sp³-hybridized carbons (Fsp3) is 0.167. The van der Waals surface area contributed by atoms with Crippen molar-refractivity contribution in [2.75, 3.05) is 6.61 Å². The molecule has 0 aliphatic rings. The molecule has 3 rings (SSSR count). The normalized spacial score (nSPS) is 10.5. The maximum absolute atomic E-state index is 12.4. The van der Waals surface area contributed by atoms with Crippen molar-refractivity contribution in [3.63, 3.8) is 0 Å². The molecule has 0 spiro atoms. The van der Waals surface area contributed by atoms with Gasteiger partial charge < -0.3 is 9.47 Å². The largest absolute Gasteiger partial charge is 0.485 e. The standard InChI is InChI=1S/C18H16N2O4/c1-2-23-18(22)14-11-19-16-15(9-6-10-20(16)17(14)21)24-12-13-7-4-3-5-8-13/h3-11H,2,12H2,1H3. The molecule has 2 aromatic heterocycles. The molecule has 0 saturated heterocycles. The van der Waals surface area contributed by atoms with Gasteiger partial charge in [0.25, 0.3) is 5.56 Å². The molecule has 0 aliphatic heterocycles. The molecule has 0 bridgehead atoms. The van der Waals surface area contributed by atoms with Gasteiger partial charge in [-0.3, -0.25) is 9.20 Å². The van der Waals surface area contributed by atoms with Crippen molar-refractivity contribution in [2.24, 2.45) is 0 Å². The van der Waals surface area contributed by atoms with Crippen LogP contribution in [-0.2, 0) is 11.3 Å². The Bertz CT molecular complexity index is 919. The van der Waals surface area contributed by atoms with Crippen LogP contribution in [0.3, 0.4) is 0 Å². The van der Waals surface area contributed by atoms with Crippen LogP contribution in [0.4, 0.5) is 0 Å². The Labute approximate surface area is 138 Å². The van der Waals surface area contributed by atoms with Crippen molar-refractivity contribution in [2.45, 2.75) is 13.5 Å². The fourth-order valence-electron chi connectivity index (χ4n) is 2.28. The van der Waals surface area contributed by atoms with E-state index in [1.165, 1.54) is 10.6 Å². The number of carbonyl (C=O) groups is 1. The number of ether oxygens (including phenoxy) is 2. The minimum absolute atomic E-state index is 0.102. The highest BCUT2D eigenvalue weighted by Gasteiger charge is 2.15. The van der Waals surface area contributed by atoms with Crippen LogP contribution in [0, 0.1) is 0 Å². The van der Waals surface area contributed by atoms with Crippen molar-refractivity contribution < 1.29 is 14.3 Å². The molecule has 6 nitrogen and oxygen atoms in total. The Morgan fingerprint density at radius 2 is 1.96 bits per heavy atom. The summed E-state index contributed by atoms with van der Waals surface area (Å²) in [5, 5.41) is 0. The highest BCUT2D eigenvalue weighted by atomic mass is 16.5. The number of rotatable bonds is 5. The van der Waals surface area contributed by atoms with Gasteiger partial charge in [0.05, 0.1) is 6.61 Å². The van der Waals surface area contributed by atoms with Gasteiger partial charge in [-0.1, -0.05) is 30.3 Å². The molecule has 0 fully saturated rings. The smallest absolute Gasteiger partial charge is 0.345 e. The Kier molecular flexibility index (Phi) is 4.56. The first kappa shape index (κ1) is 15.7. The number of hydrogen-bond donors (Lipinski definition) is 0. The second kappa shape index (κ2) is 6.95. The van der Waals surface area contributed by atoms with E-state index in [1.54, 1.807) is 25.3 Å². The maximum Gasteiger partial charge on any atom is 0.345 e. The first-order valence-electron chi connectivity index (χ1n) is 7.55. The summed E-state index contributed by atoms with van der Waals surface area (Å²) in [4.78, 5) is 28.4. The van der Waals surface area contributed by atoms with E-state index in [0.717, 1.165) is 5.56 Å². The Morgan fingerprint density at radius 1 is 1.17 bits per heavy atom. The third-order valence-electron chi connectivity index (χ3n) is 3.43. The zero-order valence-corrected chi connectivity index (χ0v) is 13.1. The topological polar surface area (TPSA) is 69.9 Å². The van der Waals surface area contributed by atoms with Gasteiger partial charge in [0.2, 0.25) is 0 Å². The van der Waals surface area contributed by atoms with Gasteiger partial charge in [-0.05, 0) is 24.6 Å². The lowest BCUT2D eigenvalue weighted by Crippen LogP contribution is -2.24. The van der Waals surface area contributed by atoms with Gasteiger partial charge in [0.1, 0.15) is 12.2 Å². The molecule has 1 aromatic carbocycles. The molecule has 0 amide bonds. The van der Waals surface area contributed by atoms with Crippen LogP contribution >= 0.6 is 0 Å². The van der Waals surface area contributed by atoms with Crippen LogP contribution in [0.5, 0.6) is 5.75 Å². The number of fused-ring (bicyclic) bond motifs is 1. The molecule has 0 atom stereocenters. The lowest BCUT2D eigenvalue weighted by atomic mass is 10.2. The van der Waals surface area contributed by atoms with Gasteiger partial charge in [0, 0.05) is 12.4 Å². The Balaban J connectivity index is 1.94. The van der Waals surface area contributed by atoms with E-state index >= 15 is 0 Å². The lowest BCUT2D eigenvalue weighted by Gasteiger charge is -2.10. The Morgan fingerprint density at radius 3 is 2.71 bits per heavy atom. The maximum atomic E-state index is 12.4. The lowest BCUT2D eigenvalue weighted by molar-refractivity contribution is 0.0523. The van der Waals surface area contributed by atoms with Crippen LogP contribution < -0.4 is 10.3 Å². The van der Waals surface area contributed by atoms with E-state index < -0.39 is 11.5 Å². The van der Waals surface area contributed by atoms with Gasteiger partial charge in [0.15, 0.2) is 11.4 Å². The number of benzene rings is 1. The number of esters is 1. The molecule has 6 heteroatoms. The third-order valence-corrected chi connectivity index (χ3v) is 3.43. The van der Waals surface area contributed by atoms with E-state index in [4.69, 9.17) is 9.47 Å². The highest BCUT2D eigenvalue weighted by Crippen LogP contribution is 2.17. The summed E-state index contributed by atoms with van der Waals surface area (Å²) in [5.41, 5.74) is 0.773. The number of hydrogen-bond acceptors (Lipinski definition) is 5. The van der Waals surface area contributed by atoms with Crippen molar-refractivity contribution in [3.8, 4) is 5.75 Å². The van der Waals surface area contributed by atoms with Crippen LogP contribution in [0.2, 0.25) is 0 Å².